The first kappa shape index (κ1) is 9.26. The summed E-state index contributed by atoms with van der Waals surface area (Å²) >= 11 is 0. The Morgan fingerprint density at radius 2 is 2.36 bits per heavy atom. The van der Waals surface area contributed by atoms with Gasteiger partial charge < -0.3 is 9.84 Å². The molecule has 78 valence electrons. The van der Waals surface area contributed by atoms with Crippen LogP contribution in [0.5, 0.6) is 0 Å². The van der Waals surface area contributed by atoms with E-state index in [2.05, 4.69) is 0 Å². The Labute approximate surface area is 81.0 Å². The fourth-order valence-corrected chi connectivity index (χ4v) is 1.89. The molecule has 0 aromatic rings. The Hall–Kier alpha value is -1.30. The monoisotopic (exact) mass is 200 g/mol. The molecule has 2 aliphatic rings. The molecule has 0 aliphatic carbocycles. The second-order valence-corrected chi connectivity index (χ2v) is 3.55. The van der Waals surface area contributed by atoms with E-state index in [9.17, 15) is 9.59 Å². The van der Waals surface area contributed by atoms with E-state index in [1.165, 1.54) is 0 Å². The van der Waals surface area contributed by atoms with Gasteiger partial charge in [0.2, 0.25) is 0 Å². The topological polar surface area (TPSA) is 70.1 Å². The average Bonchev–Trinajstić information content (AvgIpc) is 2.46. The number of carboxylic acids is 1. The van der Waals surface area contributed by atoms with Crippen LogP contribution in [0.3, 0.4) is 0 Å². The normalized spacial score (nSPS) is 27.3. The van der Waals surface area contributed by atoms with Gasteiger partial charge in [-0.3, -0.25) is 14.6 Å². The molecule has 1 unspecified atom stereocenters. The van der Waals surface area contributed by atoms with E-state index in [4.69, 9.17) is 9.84 Å². The lowest BCUT2D eigenvalue weighted by Gasteiger charge is -2.34. The highest BCUT2D eigenvalue weighted by Crippen LogP contribution is 2.17. The summed E-state index contributed by atoms with van der Waals surface area (Å²) in [6, 6.07) is 0.0376. The predicted molar refractivity (Wildman–Crippen MR) is 45.9 cm³/mol. The molecular weight excluding hydrogens is 188 g/mol. The molecule has 2 aliphatic heterocycles. The summed E-state index contributed by atoms with van der Waals surface area (Å²) in [6.45, 7) is 2.19. The van der Waals surface area contributed by atoms with Crippen LogP contribution >= 0.6 is 0 Å². The van der Waals surface area contributed by atoms with Crippen molar-refractivity contribution in [1.82, 2.24) is 9.80 Å². The van der Waals surface area contributed by atoms with Crippen molar-refractivity contribution in [3.63, 3.8) is 0 Å². The number of carbonyl (C=O) groups is 2. The molecular formula is C8H12N2O4. The first-order valence-electron chi connectivity index (χ1n) is 4.54. The molecule has 0 radical (unpaired) electrons. The Kier molecular flexibility index (Phi) is 2.28. The van der Waals surface area contributed by atoms with E-state index in [0.29, 0.717) is 26.2 Å². The van der Waals surface area contributed by atoms with Crippen LogP contribution in [0.2, 0.25) is 0 Å². The quantitative estimate of drug-likeness (QED) is 0.632. The van der Waals surface area contributed by atoms with Crippen LogP contribution in [-0.4, -0.2) is 65.8 Å². The van der Waals surface area contributed by atoms with Gasteiger partial charge in [0.1, 0.15) is 6.61 Å². The number of carbonyl (C=O) groups excluding carboxylic acids is 1. The van der Waals surface area contributed by atoms with Crippen molar-refractivity contribution in [2.75, 3.05) is 32.8 Å². The molecule has 0 bridgehead atoms. The minimum absolute atomic E-state index is 0.0376. The number of hydrogen-bond donors (Lipinski definition) is 1. The van der Waals surface area contributed by atoms with E-state index in [1.54, 1.807) is 4.90 Å². The molecule has 1 N–H and O–H groups in total. The van der Waals surface area contributed by atoms with Crippen LogP contribution in [0.4, 0.5) is 4.79 Å². The number of piperazine rings is 1. The van der Waals surface area contributed by atoms with Gasteiger partial charge in [0.25, 0.3) is 0 Å². The molecule has 0 aromatic carbocycles. The summed E-state index contributed by atoms with van der Waals surface area (Å²) < 4.78 is 4.87. The van der Waals surface area contributed by atoms with Gasteiger partial charge in [0, 0.05) is 19.6 Å². The van der Waals surface area contributed by atoms with Crippen molar-refractivity contribution < 1.29 is 19.4 Å². The van der Waals surface area contributed by atoms with Gasteiger partial charge in [-0.25, -0.2) is 4.79 Å². The molecule has 6 nitrogen and oxygen atoms in total. The highest BCUT2D eigenvalue weighted by molar-refractivity contribution is 5.71. The molecule has 2 fully saturated rings. The molecule has 2 rings (SSSR count). The van der Waals surface area contributed by atoms with Crippen molar-refractivity contribution in [3.05, 3.63) is 0 Å². The molecule has 6 heteroatoms. The third kappa shape index (κ3) is 1.65. The first-order valence-corrected chi connectivity index (χ1v) is 4.54. The van der Waals surface area contributed by atoms with Crippen molar-refractivity contribution in [1.29, 1.82) is 0 Å². The summed E-state index contributed by atoms with van der Waals surface area (Å²) in [5, 5.41) is 8.60. The van der Waals surface area contributed by atoms with Crippen LogP contribution < -0.4 is 0 Å². The van der Waals surface area contributed by atoms with Crippen molar-refractivity contribution in [2.45, 2.75) is 6.04 Å². The number of rotatable bonds is 2. The standard InChI is InChI=1S/C8H12N2O4/c11-7(12)4-9-1-2-10-6(3-9)5-14-8(10)13/h6H,1-5H2,(H,11,12). The predicted octanol–water partition coefficient (Wildman–Crippen LogP) is -0.793. The fraction of sp³-hybridized carbons (Fsp3) is 0.750. The van der Waals surface area contributed by atoms with Gasteiger partial charge in [0.05, 0.1) is 12.6 Å². The number of nitrogens with zero attached hydrogens (tertiary/aromatic N) is 2. The maximum atomic E-state index is 11.1. The summed E-state index contributed by atoms with van der Waals surface area (Å²) in [5.41, 5.74) is 0. The Bertz CT molecular complexity index is 268. The number of ether oxygens (including phenoxy) is 1. The van der Waals surface area contributed by atoms with Gasteiger partial charge in [-0.2, -0.15) is 0 Å². The number of fused-ring (bicyclic) bond motifs is 1. The van der Waals surface area contributed by atoms with Crippen LogP contribution in [0.15, 0.2) is 0 Å². The Morgan fingerprint density at radius 1 is 1.57 bits per heavy atom. The number of amides is 1. The fourth-order valence-electron chi connectivity index (χ4n) is 1.89. The van der Waals surface area contributed by atoms with Crippen molar-refractivity contribution >= 4 is 12.1 Å². The molecule has 0 saturated carbocycles. The number of aliphatic carboxylic acids is 1. The molecule has 2 heterocycles. The SMILES string of the molecule is O=C(O)CN1CCN2C(=O)OCC2C1. The smallest absolute Gasteiger partial charge is 0.410 e. The van der Waals surface area contributed by atoms with Gasteiger partial charge in [-0.05, 0) is 0 Å². The van der Waals surface area contributed by atoms with Crippen LogP contribution in [0, 0.1) is 0 Å². The zero-order valence-electron chi connectivity index (χ0n) is 7.68. The Balaban J connectivity index is 1.92. The van der Waals surface area contributed by atoms with E-state index in [-0.39, 0.29) is 18.7 Å². The molecule has 14 heavy (non-hydrogen) atoms. The maximum Gasteiger partial charge on any atom is 0.410 e. The lowest BCUT2D eigenvalue weighted by molar-refractivity contribution is -0.138. The summed E-state index contributed by atoms with van der Waals surface area (Å²) in [7, 11) is 0. The Morgan fingerprint density at radius 3 is 3.07 bits per heavy atom. The average molecular weight is 200 g/mol. The zero-order chi connectivity index (χ0) is 10.1. The summed E-state index contributed by atoms with van der Waals surface area (Å²) in [5.74, 6) is -0.830. The van der Waals surface area contributed by atoms with Gasteiger partial charge in [0.15, 0.2) is 0 Å². The third-order valence-corrected chi connectivity index (χ3v) is 2.56. The minimum atomic E-state index is -0.830. The summed E-state index contributed by atoms with van der Waals surface area (Å²) in [4.78, 5) is 25.1. The largest absolute Gasteiger partial charge is 0.480 e. The molecule has 1 atom stereocenters. The highest BCUT2D eigenvalue weighted by Gasteiger charge is 2.37. The van der Waals surface area contributed by atoms with E-state index >= 15 is 0 Å². The second kappa shape index (κ2) is 3.45. The second-order valence-electron chi connectivity index (χ2n) is 3.55. The van der Waals surface area contributed by atoms with E-state index < -0.39 is 5.97 Å². The summed E-state index contributed by atoms with van der Waals surface area (Å²) in [6.07, 6.45) is -0.273. The third-order valence-electron chi connectivity index (χ3n) is 2.56. The van der Waals surface area contributed by atoms with Gasteiger partial charge in [-0.15, -0.1) is 0 Å². The van der Waals surface area contributed by atoms with Gasteiger partial charge in [-0.1, -0.05) is 0 Å². The zero-order valence-corrected chi connectivity index (χ0v) is 7.68. The van der Waals surface area contributed by atoms with Crippen LogP contribution in [0.25, 0.3) is 0 Å². The maximum absolute atomic E-state index is 11.1. The molecule has 0 aromatic heterocycles. The molecule has 1 amide bonds. The number of hydrogen-bond acceptors (Lipinski definition) is 4. The van der Waals surface area contributed by atoms with Crippen molar-refractivity contribution in [2.24, 2.45) is 0 Å². The lowest BCUT2D eigenvalue weighted by Crippen LogP contribution is -2.53. The number of carboxylic acid groups (broad SMARTS) is 1. The van der Waals surface area contributed by atoms with Crippen molar-refractivity contribution in [3.8, 4) is 0 Å². The van der Waals surface area contributed by atoms with E-state index in [1.807, 2.05) is 4.90 Å². The highest BCUT2D eigenvalue weighted by atomic mass is 16.6. The minimum Gasteiger partial charge on any atom is -0.480 e. The lowest BCUT2D eigenvalue weighted by atomic mass is 10.2. The molecule has 2 saturated heterocycles. The van der Waals surface area contributed by atoms with Gasteiger partial charge >= 0.3 is 12.1 Å². The van der Waals surface area contributed by atoms with E-state index in [0.717, 1.165) is 0 Å². The number of cyclic esters (lactones) is 1. The molecule has 0 spiro atoms. The van der Waals surface area contributed by atoms with Crippen LogP contribution in [0.1, 0.15) is 0 Å². The van der Waals surface area contributed by atoms with Crippen LogP contribution in [-0.2, 0) is 9.53 Å². The first-order chi connectivity index (χ1) is 6.66.